The number of thiazole rings is 1. The minimum Gasteiger partial charge on any atom is -0.293 e. The van der Waals surface area contributed by atoms with Gasteiger partial charge in [-0.05, 0) is 37.1 Å². The molecule has 0 aliphatic carbocycles. The van der Waals surface area contributed by atoms with Crippen molar-refractivity contribution in [3.05, 3.63) is 84.4 Å². The number of nitro benzene ring substituents is 1. The van der Waals surface area contributed by atoms with E-state index in [0.717, 1.165) is 11.1 Å². The maximum Gasteiger partial charge on any atom is 0.270 e. The normalized spacial score (nSPS) is 11.0. The fourth-order valence-electron chi connectivity index (χ4n) is 3.60. The molecule has 11 heteroatoms. The average molecular weight is 484 g/mol. The fraction of sp³-hybridized carbons (Fsp3) is 0.182. The molecule has 0 aliphatic heterocycles. The Morgan fingerprint density at radius 2 is 2.03 bits per heavy atom. The second-order valence-electron chi connectivity index (χ2n) is 7.52. The molecule has 0 saturated carbocycles. The molecule has 0 unspecified atom stereocenters. The minimum atomic E-state index is -0.558. The summed E-state index contributed by atoms with van der Waals surface area (Å²) < 4.78 is 1.33. The number of nitrogens with zero attached hydrogens (tertiary/aromatic N) is 5. The van der Waals surface area contributed by atoms with Gasteiger partial charge in [0.25, 0.3) is 11.2 Å². The lowest BCUT2D eigenvalue weighted by molar-refractivity contribution is -0.384. The summed E-state index contributed by atoms with van der Waals surface area (Å²) in [4.78, 5) is 46.1. The van der Waals surface area contributed by atoms with E-state index in [2.05, 4.69) is 9.97 Å². The molecule has 4 rings (SSSR count). The van der Waals surface area contributed by atoms with Crippen LogP contribution in [0, 0.1) is 24.0 Å². The first kappa shape index (κ1) is 22.6. The molecule has 9 nitrogen and oxygen atoms in total. The molecule has 0 radical (unpaired) electrons. The molecule has 0 N–H and O–H groups in total. The highest BCUT2D eigenvalue weighted by Gasteiger charge is 2.23. The van der Waals surface area contributed by atoms with Crippen LogP contribution in [0.25, 0.3) is 10.9 Å². The van der Waals surface area contributed by atoms with Crippen molar-refractivity contribution in [2.45, 2.75) is 27.3 Å². The second kappa shape index (κ2) is 8.72. The minimum absolute atomic E-state index is 0.0906. The van der Waals surface area contributed by atoms with Gasteiger partial charge in [-0.3, -0.25) is 29.2 Å². The highest BCUT2D eigenvalue weighted by molar-refractivity contribution is 7.14. The predicted molar refractivity (Wildman–Crippen MR) is 128 cm³/mol. The van der Waals surface area contributed by atoms with Gasteiger partial charge in [0.2, 0.25) is 5.91 Å². The topological polar surface area (TPSA) is 111 Å². The zero-order valence-corrected chi connectivity index (χ0v) is 19.5. The molecular formula is C22H18ClN5O4S. The Bertz CT molecular complexity index is 1460. The number of fused-ring (bicyclic) bond motifs is 1. The number of non-ortho nitro benzene ring substituents is 1. The quantitative estimate of drug-likeness (QED) is 0.299. The number of rotatable bonds is 5. The molecule has 0 fully saturated rings. The van der Waals surface area contributed by atoms with Crippen molar-refractivity contribution in [1.82, 2.24) is 14.5 Å². The fourth-order valence-corrected chi connectivity index (χ4v) is 4.87. The van der Waals surface area contributed by atoms with E-state index >= 15 is 0 Å². The van der Waals surface area contributed by atoms with Crippen LogP contribution in [0.5, 0.6) is 0 Å². The zero-order chi connectivity index (χ0) is 23.9. The summed E-state index contributed by atoms with van der Waals surface area (Å²) in [6.45, 7) is 5.32. The summed E-state index contributed by atoms with van der Waals surface area (Å²) in [5.41, 5.74) is 2.68. The average Bonchev–Trinajstić information content (AvgIpc) is 3.20. The standard InChI is InChI=1S/C22H18ClN5O4S/c1-12-6-13(2)20(18(23)7-12)27(14(3)29)22-25-15(10-33-22)9-26-11-24-19-5-4-16(28(31)32)8-17(19)21(26)30/h4-8,10-11H,9H2,1-3H3. The Kier molecular flexibility index (Phi) is 5.96. The monoisotopic (exact) mass is 483 g/mol. The van der Waals surface area contributed by atoms with E-state index in [4.69, 9.17) is 11.6 Å². The lowest BCUT2D eigenvalue weighted by Gasteiger charge is -2.22. The third-order valence-corrected chi connectivity index (χ3v) is 6.18. The van der Waals surface area contributed by atoms with Gasteiger partial charge in [-0.2, -0.15) is 0 Å². The molecule has 1 amide bonds. The smallest absolute Gasteiger partial charge is 0.270 e. The number of nitro groups is 1. The highest BCUT2D eigenvalue weighted by atomic mass is 35.5. The van der Waals surface area contributed by atoms with Crippen molar-refractivity contribution in [3.8, 4) is 0 Å². The van der Waals surface area contributed by atoms with Crippen LogP contribution < -0.4 is 10.5 Å². The van der Waals surface area contributed by atoms with Crippen LogP contribution in [0.3, 0.4) is 0 Å². The molecular weight excluding hydrogens is 466 g/mol. The lowest BCUT2D eigenvalue weighted by atomic mass is 10.1. The van der Waals surface area contributed by atoms with Crippen molar-refractivity contribution >= 4 is 56.3 Å². The summed E-state index contributed by atoms with van der Waals surface area (Å²) in [6.07, 6.45) is 1.37. The zero-order valence-electron chi connectivity index (χ0n) is 17.9. The van der Waals surface area contributed by atoms with E-state index < -0.39 is 10.5 Å². The molecule has 0 saturated heterocycles. The van der Waals surface area contributed by atoms with Gasteiger partial charge < -0.3 is 0 Å². The van der Waals surface area contributed by atoms with E-state index in [1.165, 1.54) is 52.3 Å². The lowest BCUT2D eigenvalue weighted by Crippen LogP contribution is -2.24. The molecule has 0 atom stereocenters. The van der Waals surface area contributed by atoms with E-state index in [1.54, 1.807) is 11.4 Å². The molecule has 0 aliphatic rings. The number of aryl methyl sites for hydroxylation is 2. The maximum absolute atomic E-state index is 12.9. The van der Waals surface area contributed by atoms with Crippen molar-refractivity contribution < 1.29 is 9.72 Å². The maximum atomic E-state index is 12.9. The van der Waals surface area contributed by atoms with Gasteiger partial charge in [-0.15, -0.1) is 11.3 Å². The first-order valence-electron chi connectivity index (χ1n) is 9.81. The number of anilines is 2. The predicted octanol–water partition coefficient (Wildman–Crippen LogP) is 4.76. The second-order valence-corrected chi connectivity index (χ2v) is 8.77. The van der Waals surface area contributed by atoms with E-state index in [0.29, 0.717) is 27.1 Å². The first-order valence-corrected chi connectivity index (χ1v) is 11.1. The van der Waals surface area contributed by atoms with Crippen LogP contribution >= 0.6 is 22.9 Å². The van der Waals surface area contributed by atoms with Crippen LogP contribution in [0.2, 0.25) is 5.02 Å². The number of benzene rings is 2. The Morgan fingerprint density at radius 1 is 1.27 bits per heavy atom. The summed E-state index contributed by atoms with van der Waals surface area (Å²) in [6, 6.07) is 7.69. The van der Waals surface area contributed by atoms with E-state index in [9.17, 15) is 19.7 Å². The molecule has 0 spiro atoms. The molecule has 0 bridgehead atoms. The van der Waals surface area contributed by atoms with E-state index in [1.807, 2.05) is 19.9 Å². The van der Waals surface area contributed by atoms with Gasteiger partial charge in [-0.25, -0.2) is 9.97 Å². The number of amides is 1. The van der Waals surface area contributed by atoms with Gasteiger partial charge in [0.1, 0.15) is 0 Å². The van der Waals surface area contributed by atoms with Crippen molar-refractivity contribution in [1.29, 1.82) is 0 Å². The number of aromatic nitrogens is 3. The van der Waals surface area contributed by atoms with E-state index in [-0.39, 0.29) is 23.5 Å². The summed E-state index contributed by atoms with van der Waals surface area (Å²) in [5, 5.41) is 13.8. The Balaban J connectivity index is 1.71. The number of halogens is 1. The molecule has 168 valence electrons. The van der Waals surface area contributed by atoms with Crippen LogP contribution in [0.1, 0.15) is 23.7 Å². The van der Waals surface area contributed by atoms with Gasteiger partial charge in [-0.1, -0.05) is 17.7 Å². The van der Waals surface area contributed by atoms with Crippen LogP contribution in [-0.2, 0) is 11.3 Å². The summed E-state index contributed by atoms with van der Waals surface area (Å²) in [5.74, 6) is -0.249. The molecule has 2 heterocycles. The number of hydrogen-bond donors (Lipinski definition) is 0. The highest BCUT2D eigenvalue weighted by Crippen LogP contribution is 2.37. The SMILES string of the molecule is CC(=O)N(c1nc(Cn2cnc3ccc([N+](=O)[O-])cc3c2=O)cs1)c1c(C)cc(C)cc1Cl. The molecule has 33 heavy (non-hydrogen) atoms. The molecule has 2 aromatic heterocycles. The van der Waals surface area contributed by atoms with Crippen LogP contribution in [0.4, 0.5) is 16.5 Å². The van der Waals surface area contributed by atoms with Crippen molar-refractivity contribution in [2.24, 2.45) is 0 Å². The van der Waals surface area contributed by atoms with Crippen LogP contribution in [-0.4, -0.2) is 25.4 Å². The number of carbonyl (C=O) groups excluding carboxylic acids is 1. The van der Waals surface area contributed by atoms with Gasteiger partial charge in [0.05, 0.1) is 45.1 Å². The van der Waals surface area contributed by atoms with Crippen molar-refractivity contribution in [2.75, 3.05) is 4.90 Å². The van der Waals surface area contributed by atoms with Gasteiger partial charge in [0.15, 0.2) is 5.13 Å². The van der Waals surface area contributed by atoms with Crippen molar-refractivity contribution in [3.63, 3.8) is 0 Å². The molecule has 2 aromatic carbocycles. The Morgan fingerprint density at radius 3 is 2.70 bits per heavy atom. The third-order valence-electron chi connectivity index (χ3n) is 5.02. The Labute approximate surface area is 197 Å². The van der Waals surface area contributed by atoms with Gasteiger partial charge >= 0.3 is 0 Å². The number of hydrogen-bond acceptors (Lipinski definition) is 7. The summed E-state index contributed by atoms with van der Waals surface area (Å²) in [7, 11) is 0. The van der Waals surface area contributed by atoms with Gasteiger partial charge in [0, 0.05) is 24.4 Å². The largest absolute Gasteiger partial charge is 0.293 e. The number of carbonyl (C=O) groups is 1. The Hall–Kier alpha value is -3.63. The third kappa shape index (κ3) is 4.35. The molecule has 4 aromatic rings. The van der Waals surface area contributed by atoms with Crippen LogP contribution in [0.15, 0.2) is 46.8 Å². The summed E-state index contributed by atoms with van der Waals surface area (Å²) >= 11 is 7.70. The first-order chi connectivity index (χ1) is 15.7.